The molecule has 1 nitrogen and oxygen atoms in total. The number of benzene rings is 1. The summed E-state index contributed by atoms with van der Waals surface area (Å²) in [6, 6.07) is 4.80. The average molecular weight is 180 g/mol. The van der Waals surface area contributed by atoms with Crippen LogP contribution in [-0.4, -0.2) is 6.61 Å². The molecule has 0 unspecified atom stereocenters. The molecule has 1 aromatic carbocycles. The van der Waals surface area contributed by atoms with E-state index in [1.807, 2.05) is 13.8 Å². The van der Waals surface area contributed by atoms with E-state index < -0.39 is 0 Å². The first-order valence-corrected chi connectivity index (χ1v) is 4.13. The van der Waals surface area contributed by atoms with Crippen LogP contribution in [0.2, 0.25) is 0 Å². The molecule has 0 aromatic heterocycles. The van der Waals surface area contributed by atoms with Crippen molar-refractivity contribution in [1.29, 1.82) is 0 Å². The number of rotatable bonds is 3. The molecule has 1 rings (SSSR count). The van der Waals surface area contributed by atoms with Crippen LogP contribution in [0.1, 0.15) is 12.5 Å². The Balaban J connectivity index is 2.75. The first-order valence-electron chi connectivity index (χ1n) is 4.13. The Morgan fingerprint density at radius 1 is 1.54 bits per heavy atom. The molecular weight excluding hydrogens is 167 g/mol. The molecule has 0 aliphatic carbocycles. The van der Waals surface area contributed by atoms with Gasteiger partial charge in [0, 0.05) is 0 Å². The summed E-state index contributed by atoms with van der Waals surface area (Å²) in [4.78, 5) is 0. The van der Waals surface area contributed by atoms with Crippen LogP contribution in [0.25, 0.3) is 0 Å². The van der Waals surface area contributed by atoms with Crippen LogP contribution in [0.4, 0.5) is 4.39 Å². The van der Waals surface area contributed by atoms with Gasteiger partial charge in [-0.1, -0.05) is 12.6 Å². The maximum absolute atomic E-state index is 13.1. The molecule has 0 radical (unpaired) electrons. The Kier molecular flexibility index (Phi) is 3.07. The van der Waals surface area contributed by atoms with Gasteiger partial charge < -0.3 is 4.74 Å². The van der Waals surface area contributed by atoms with E-state index in [0.29, 0.717) is 12.4 Å². The highest BCUT2D eigenvalue weighted by molar-refractivity contribution is 5.29. The van der Waals surface area contributed by atoms with E-state index in [0.717, 1.165) is 11.1 Å². The molecule has 13 heavy (non-hydrogen) atoms. The van der Waals surface area contributed by atoms with Crippen molar-refractivity contribution in [3.63, 3.8) is 0 Å². The zero-order valence-electron chi connectivity index (χ0n) is 7.93. The van der Waals surface area contributed by atoms with Gasteiger partial charge in [0.2, 0.25) is 0 Å². The first-order chi connectivity index (χ1) is 6.09. The predicted molar refractivity (Wildman–Crippen MR) is 51.4 cm³/mol. The van der Waals surface area contributed by atoms with E-state index in [4.69, 9.17) is 4.74 Å². The van der Waals surface area contributed by atoms with Gasteiger partial charge in [0.1, 0.15) is 6.61 Å². The van der Waals surface area contributed by atoms with Gasteiger partial charge in [0.15, 0.2) is 11.6 Å². The van der Waals surface area contributed by atoms with Crippen molar-refractivity contribution in [3.05, 3.63) is 41.7 Å². The predicted octanol–water partition coefficient (Wildman–Crippen LogP) is 3.09. The normalized spacial score (nSPS) is 9.77. The van der Waals surface area contributed by atoms with Gasteiger partial charge in [-0.3, -0.25) is 0 Å². The molecule has 0 saturated heterocycles. The third-order valence-electron chi connectivity index (χ3n) is 1.56. The van der Waals surface area contributed by atoms with Crippen LogP contribution in [0.5, 0.6) is 5.75 Å². The lowest BCUT2D eigenvalue weighted by molar-refractivity contribution is 0.332. The van der Waals surface area contributed by atoms with Crippen molar-refractivity contribution in [3.8, 4) is 5.75 Å². The highest BCUT2D eigenvalue weighted by atomic mass is 19.1. The second kappa shape index (κ2) is 4.08. The Bertz CT molecular complexity index is 318. The van der Waals surface area contributed by atoms with Gasteiger partial charge in [-0.05, 0) is 37.1 Å². The zero-order valence-corrected chi connectivity index (χ0v) is 7.93. The molecule has 70 valence electrons. The third-order valence-corrected chi connectivity index (χ3v) is 1.56. The molecule has 0 aliphatic heterocycles. The van der Waals surface area contributed by atoms with Crippen molar-refractivity contribution >= 4 is 0 Å². The van der Waals surface area contributed by atoms with E-state index in [1.54, 1.807) is 12.1 Å². The van der Waals surface area contributed by atoms with Gasteiger partial charge in [0.05, 0.1) is 0 Å². The summed E-state index contributed by atoms with van der Waals surface area (Å²) in [5, 5.41) is 0. The average Bonchev–Trinajstić information content (AvgIpc) is 2.06. The summed E-state index contributed by atoms with van der Waals surface area (Å²) >= 11 is 0. The zero-order chi connectivity index (χ0) is 9.84. The molecule has 2 heteroatoms. The Morgan fingerprint density at radius 2 is 2.23 bits per heavy atom. The summed E-state index contributed by atoms with van der Waals surface area (Å²) < 4.78 is 18.3. The number of aryl methyl sites for hydroxylation is 1. The van der Waals surface area contributed by atoms with Crippen LogP contribution in [0.15, 0.2) is 30.4 Å². The number of hydrogen-bond donors (Lipinski definition) is 0. The van der Waals surface area contributed by atoms with E-state index in [9.17, 15) is 4.39 Å². The van der Waals surface area contributed by atoms with E-state index >= 15 is 0 Å². The van der Waals surface area contributed by atoms with Crippen molar-refractivity contribution in [1.82, 2.24) is 0 Å². The smallest absolute Gasteiger partial charge is 0.165 e. The lowest BCUT2D eigenvalue weighted by Gasteiger charge is -2.07. The highest BCUT2D eigenvalue weighted by Gasteiger charge is 2.02. The maximum atomic E-state index is 13.1. The van der Waals surface area contributed by atoms with Crippen LogP contribution in [0.3, 0.4) is 0 Å². The summed E-state index contributed by atoms with van der Waals surface area (Å²) in [6.07, 6.45) is 0. The maximum Gasteiger partial charge on any atom is 0.165 e. The quantitative estimate of drug-likeness (QED) is 0.649. The van der Waals surface area contributed by atoms with Crippen LogP contribution in [0, 0.1) is 12.7 Å². The Morgan fingerprint density at radius 3 is 2.85 bits per heavy atom. The molecule has 0 saturated carbocycles. The van der Waals surface area contributed by atoms with Gasteiger partial charge in [0.25, 0.3) is 0 Å². The third kappa shape index (κ3) is 2.90. The van der Waals surface area contributed by atoms with Gasteiger partial charge in [-0.25, -0.2) is 4.39 Å². The monoisotopic (exact) mass is 180 g/mol. The summed E-state index contributed by atoms with van der Waals surface area (Å²) in [7, 11) is 0. The minimum Gasteiger partial charge on any atom is -0.486 e. The fourth-order valence-corrected chi connectivity index (χ4v) is 0.922. The minimum atomic E-state index is -0.327. The highest BCUT2D eigenvalue weighted by Crippen LogP contribution is 2.18. The molecule has 0 heterocycles. The summed E-state index contributed by atoms with van der Waals surface area (Å²) in [5.41, 5.74) is 1.86. The molecule has 1 aromatic rings. The second-order valence-electron chi connectivity index (χ2n) is 3.18. The molecule has 0 N–H and O–H groups in total. The van der Waals surface area contributed by atoms with Gasteiger partial charge in [-0.2, -0.15) is 0 Å². The molecular formula is C11H13FO. The molecule has 0 bridgehead atoms. The molecule has 0 atom stereocenters. The van der Waals surface area contributed by atoms with Crippen molar-refractivity contribution in [2.45, 2.75) is 13.8 Å². The largest absolute Gasteiger partial charge is 0.486 e. The lowest BCUT2D eigenvalue weighted by Crippen LogP contribution is -1.99. The van der Waals surface area contributed by atoms with E-state index in [-0.39, 0.29) is 5.82 Å². The van der Waals surface area contributed by atoms with Crippen LogP contribution < -0.4 is 4.74 Å². The molecule has 0 fully saturated rings. The molecule has 0 aliphatic rings. The van der Waals surface area contributed by atoms with E-state index in [1.165, 1.54) is 6.07 Å². The lowest BCUT2D eigenvalue weighted by atomic mass is 10.2. The van der Waals surface area contributed by atoms with E-state index in [2.05, 4.69) is 6.58 Å². The Labute approximate surface area is 77.8 Å². The van der Waals surface area contributed by atoms with Crippen LogP contribution >= 0.6 is 0 Å². The van der Waals surface area contributed by atoms with Crippen molar-refractivity contribution < 1.29 is 9.13 Å². The van der Waals surface area contributed by atoms with Crippen LogP contribution in [-0.2, 0) is 0 Å². The first kappa shape index (κ1) is 9.78. The standard InChI is InChI=1S/C11H13FO/c1-8(2)7-13-11-6-9(3)4-5-10(11)12/h4-6H,1,7H2,2-3H3. The molecule has 0 spiro atoms. The minimum absolute atomic E-state index is 0.294. The molecule has 0 amide bonds. The van der Waals surface area contributed by atoms with Crippen molar-refractivity contribution in [2.24, 2.45) is 0 Å². The second-order valence-corrected chi connectivity index (χ2v) is 3.18. The summed E-state index contributed by atoms with van der Waals surface area (Å²) in [5.74, 6) is -0.0325. The topological polar surface area (TPSA) is 9.23 Å². The number of hydrogen-bond acceptors (Lipinski definition) is 1. The van der Waals surface area contributed by atoms with Crippen molar-refractivity contribution in [2.75, 3.05) is 6.61 Å². The fraction of sp³-hybridized carbons (Fsp3) is 0.273. The Hall–Kier alpha value is -1.31. The summed E-state index contributed by atoms with van der Waals surface area (Å²) in [6.45, 7) is 7.77. The van der Waals surface area contributed by atoms with Gasteiger partial charge >= 0.3 is 0 Å². The number of ether oxygens (including phenoxy) is 1. The SMILES string of the molecule is C=C(C)COc1cc(C)ccc1F. The van der Waals surface area contributed by atoms with Gasteiger partial charge in [-0.15, -0.1) is 0 Å². The number of halogens is 1. The fourth-order valence-electron chi connectivity index (χ4n) is 0.922.